The van der Waals surface area contributed by atoms with Crippen LogP contribution in [0.2, 0.25) is 0 Å². The first-order valence-corrected chi connectivity index (χ1v) is 6.76. The van der Waals surface area contributed by atoms with Crippen molar-refractivity contribution >= 4 is 22.8 Å². The third kappa shape index (κ3) is 1.99. The minimum atomic E-state index is -0.238. The Morgan fingerprint density at radius 1 is 1.40 bits per heavy atom. The Bertz CT molecular complexity index is 651. The maximum Gasteiger partial charge on any atom is 0.222 e. The van der Waals surface area contributed by atoms with Gasteiger partial charge in [0.05, 0.1) is 17.5 Å². The van der Waals surface area contributed by atoms with Gasteiger partial charge in [0, 0.05) is 19.6 Å². The zero-order valence-electron chi connectivity index (χ0n) is 11.7. The SMILES string of the molecule is CC1CCC(C(N)=O)CN1c1ncnc2c1cnn2C. The Balaban J connectivity index is 2.02. The fourth-order valence-electron chi connectivity index (χ4n) is 2.81. The molecule has 2 aromatic rings. The molecule has 0 radical (unpaired) electrons. The largest absolute Gasteiger partial charge is 0.369 e. The predicted octanol–water partition coefficient (Wildman–Crippen LogP) is 0.453. The number of hydrogen-bond donors (Lipinski definition) is 1. The third-order valence-corrected chi connectivity index (χ3v) is 4.06. The van der Waals surface area contributed by atoms with Crippen LogP contribution in [0.1, 0.15) is 19.8 Å². The van der Waals surface area contributed by atoms with Crippen molar-refractivity contribution in [3.05, 3.63) is 12.5 Å². The van der Waals surface area contributed by atoms with Crippen LogP contribution in [0.3, 0.4) is 0 Å². The number of primary amides is 1. The van der Waals surface area contributed by atoms with Gasteiger partial charge in [0.1, 0.15) is 12.1 Å². The molecule has 0 bridgehead atoms. The number of anilines is 1. The van der Waals surface area contributed by atoms with Crippen molar-refractivity contribution < 1.29 is 4.79 Å². The van der Waals surface area contributed by atoms with Crippen LogP contribution in [0, 0.1) is 5.92 Å². The van der Waals surface area contributed by atoms with Crippen molar-refractivity contribution in [3.63, 3.8) is 0 Å². The van der Waals surface area contributed by atoms with Gasteiger partial charge in [-0.2, -0.15) is 5.10 Å². The molecular weight excluding hydrogens is 256 g/mol. The highest BCUT2D eigenvalue weighted by Gasteiger charge is 2.30. The fourth-order valence-corrected chi connectivity index (χ4v) is 2.81. The van der Waals surface area contributed by atoms with Crippen LogP contribution in [0.5, 0.6) is 0 Å². The molecule has 2 atom stereocenters. The average Bonchev–Trinajstić information content (AvgIpc) is 2.81. The van der Waals surface area contributed by atoms with E-state index in [0.717, 1.165) is 29.7 Å². The molecule has 7 nitrogen and oxygen atoms in total. The molecule has 3 rings (SSSR count). The zero-order valence-corrected chi connectivity index (χ0v) is 11.7. The number of aryl methyl sites for hydroxylation is 1. The molecule has 0 spiro atoms. The van der Waals surface area contributed by atoms with Crippen molar-refractivity contribution in [1.82, 2.24) is 19.7 Å². The van der Waals surface area contributed by atoms with E-state index < -0.39 is 0 Å². The van der Waals surface area contributed by atoms with Crippen molar-refractivity contribution in [2.75, 3.05) is 11.4 Å². The Morgan fingerprint density at radius 3 is 2.95 bits per heavy atom. The molecule has 106 valence electrons. The number of amides is 1. The first-order valence-electron chi connectivity index (χ1n) is 6.76. The molecule has 0 aromatic carbocycles. The van der Waals surface area contributed by atoms with Crippen LogP contribution in [-0.4, -0.2) is 38.2 Å². The second-order valence-electron chi connectivity index (χ2n) is 5.38. The minimum absolute atomic E-state index is 0.118. The van der Waals surface area contributed by atoms with E-state index >= 15 is 0 Å². The summed E-state index contributed by atoms with van der Waals surface area (Å²) in [6.07, 6.45) is 5.08. The summed E-state index contributed by atoms with van der Waals surface area (Å²) in [7, 11) is 1.85. The fraction of sp³-hybridized carbons (Fsp3) is 0.538. The first-order chi connectivity index (χ1) is 9.58. The van der Waals surface area contributed by atoms with E-state index in [2.05, 4.69) is 26.9 Å². The molecule has 3 heterocycles. The van der Waals surface area contributed by atoms with Gasteiger partial charge in [-0.1, -0.05) is 0 Å². The van der Waals surface area contributed by atoms with Crippen LogP contribution in [0.15, 0.2) is 12.5 Å². The lowest BCUT2D eigenvalue weighted by atomic mass is 9.93. The van der Waals surface area contributed by atoms with Gasteiger partial charge in [0.25, 0.3) is 0 Å². The van der Waals surface area contributed by atoms with Gasteiger partial charge in [-0.3, -0.25) is 9.48 Å². The summed E-state index contributed by atoms with van der Waals surface area (Å²) in [6, 6.07) is 0.323. The van der Waals surface area contributed by atoms with Crippen LogP contribution in [0.25, 0.3) is 11.0 Å². The van der Waals surface area contributed by atoms with Gasteiger partial charge in [0.2, 0.25) is 5.91 Å². The molecule has 2 N–H and O–H groups in total. The lowest BCUT2D eigenvalue weighted by Gasteiger charge is -2.37. The van der Waals surface area contributed by atoms with Crippen molar-refractivity contribution in [1.29, 1.82) is 0 Å². The predicted molar refractivity (Wildman–Crippen MR) is 75.0 cm³/mol. The minimum Gasteiger partial charge on any atom is -0.369 e. The number of carbonyl (C=O) groups excluding carboxylic acids is 1. The number of piperidine rings is 1. The summed E-state index contributed by atoms with van der Waals surface area (Å²) >= 11 is 0. The molecular formula is C13H18N6O. The maximum atomic E-state index is 11.5. The van der Waals surface area contributed by atoms with Crippen LogP contribution in [-0.2, 0) is 11.8 Å². The van der Waals surface area contributed by atoms with E-state index in [-0.39, 0.29) is 11.8 Å². The first kappa shape index (κ1) is 12.8. The second-order valence-corrected chi connectivity index (χ2v) is 5.38. The van der Waals surface area contributed by atoms with Crippen LogP contribution in [0.4, 0.5) is 5.82 Å². The van der Waals surface area contributed by atoms with E-state index in [4.69, 9.17) is 5.73 Å². The smallest absolute Gasteiger partial charge is 0.222 e. The Labute approximate surface area is 116 Å². The molecule has 7 heteroatoms. The standard InChI is InChI=1S/C13H18N6O/c1-8-3-4-9(11(14)20)6-19(8)13-10-5-17-18(2)12(10)15-7-16-13/h5,7-9H,3-4,6H2,1-2H3,(H2,14,20). The van der Waals surface area contributed by atoms with Crippen LogP contribution < -0.4 is 10.6 Å². The summed E-state index contributed by atoms with van der Waals surface area (Å²) in [4.78, 5) is 22.2. The van der Waals surface area contributed by atoms with Gasteiger partial charge in [-0.05, 0) is 19.8 Å². The zero-order chi connectivity index (χ0) is 14.3. The van der Waals surface area contributed by atoms with Gasteiger partial charge in [-0.15, -0.1) is 0 Å². The van der Waals surface area contributed by atoms with Crippen molar-refractivity contribution in [2.45, 2.75) is 25.8 Å². The molecule has 1 aliphatic rings. The van der Waals surface area contributed by atoms with E-state index in [0.29, 0.717) is 12.6 Å². The highest BCUT2D eigenvalue weighted by molar-refractivity contribution is 5.87. The highest BCUT2D eigenvalue weighted by atomic mass is 16.1. The number of fused-ring (bicyclic) bond motifs is 1. The Hall–Kier alpha value is -2.18. The molecule has 20 heavy (non-hydrogen) atoms. The average molecular weight is 274 g/mol. The molecule has 0 aliphatic carbocycles. The van der Waals surface area contributed by atoms with Crippen LogP contribution >= 0.6 is 0 Å². The van der Waals surface area contributed by atoms with E-state index in [1.54, 1.807) is 17.2 Å². The van der Waals surface area contributed by atoms with Crippen molar-refractivity contribution in [3.8, 4) is 0 Å². The second kappa shape index (κ2) is 4.73. The normalized spacial score (nSPS) is 23.2. The molecule has 1 aliphatic heterocycles. The van der Waals surface area contributed by atoms with Gasteiger partial charge < -0.3 is 10.6 Å². The molecule has 1 fully saturated rings. The Kier molecular flexibility index (Phi) is 3.04. The van der Waals surface area contributed by atoms with E-state index in [1.807, 2.05) is 7.05 Å². The molecule has 2 unspecified atom stereocenters. The van der Waals surface area contributed by atoms with E-state index in [9.17, 15) is 4.79 Å². The van der Waals surface area contributed by atoms with Gasteiger partial charge in [-0.25, -0.2) is 9.97 Å². The number of aromatic nitrogens is 4. The van der Waals surface area contributed by atoms with Gasteiger partial charge in [0.15, 0.2) is 5.65 Å². The lowest BCUT2D eigenvalue weighted by molar-refractivity contribution is -0.122. The number of rotatable bonds is 2. The lowest BCUT2D eigenvalue weighted by Crippen LogP contribution is -2.46. The third-order valence-electron chi connectivity index (χ3n) is 4.06. The summed E-state index contributed by atoms with van der Waals surface area (Å²) < 4.78 is 1.72. The summed E-state index contributed by atoms with van der Waals surface area (Å²) in [5, 5.41) is 5.14. The Morgan fingerprint density at radius 2 is 2.20 bits per heavy atom. The van der Waals surface area contributed by atoms with E-state index in [1.165, 1.54) is 0 Å². The molecule has 0 saturated carbocycles. The summed E-state index contributed by atoms with van der Waals surface area (Å²) in [5.41, 5.74) is 6.25. The monoisotopic (exact) mass is 274 g/mol. The molecule has 1 saturated heterocycles. The quantitative estimate of drug-likeness (QED) is 0.859. The number of carbonyl (C=O) groups is 1. The summed E-state index contributed by atoms with van der Waals surface area (Å²) in [5.74, 6) is 0.479. The maximum absolute atomic E-state index is 11.5. The molecule has 2 aromatic heterocycles. The number of nitrogens with zero attached hydrogens (tertiary/aromatic N) is 5. The number of nitrogens with two attached hydrogens (primary N) is 1. The highest BCUT2D eigenvalue weighted by Crippen LogP contribution is 2.30. The number of hydrogen-bond acceptors (Lipinski definition) is 5. The topological polar surface area (TPSA) is 89.9 Å². The summed E-state index contributed by atoms with van der Waals surface area (Å²) in [6.45, 7) is 2.75. The van der Waals surface area contributed by atoms with Gasteiger partial charge >= 0.3 is 0 Å². The van der Waals surface area contributed by atoms with Crippen molar-refractivity contribution in [2.24, 2.45) is 18.7 Å². The molecule has 1 amide bonds.